The van der Waals surface area contributed by atoms with Crippen LogP contribution >= 0.6 is 15.9 Å². The second-order valence-electron chi connectivity index (χ2n) is 4.84. The fourth-order valence-corrected chi connectivity index (χ4v) is 2.71. The Kier molecular flexibility index (Phi) is 4.40. The highest BCUT2D eigenvalue weighted by Crippen LogP contribution is 2.33. The highest BCUT2D eigenvalue weighted by molar-refractivity contribution is 9.10. The van der Waals surface area contributed by atoms with Gasteiger partial charge in [0.2, 0.25) is 5.91 Å². The predicted octanol–water partition coefficient (Wildman–Crippen LogP) is 3.17. The van der Waals surface area contributed by atoms with E-state index in [0.717, 1.165) is 42.5 Å². The predicted molar refractivity (Wildman–Crippen MR) is 77.6 cm³/mol. The van der Waals surface area contributed by atoms with Gasteiger partial charge in [-0.3, -0.25) is 4.79 Å². The van der Waals surface area contributed by atoms with Gasteiger partial charge in [-0.1, -0.05) is 22.9 Å². The molecule has 2 rings (SSSR count). The molecule has 2 N–H and O–H groups in total. The van der Waals surface area contributed by atoms with Crippen LogP contribution in [0.25, 0.3) is 0 Å². The molecule has 0 aliphatic carbocycles. The molecule has 0 bridgehead atoms. The molecular weight excluding hydrogens is 292 g/mol. The summed E-state index contributed by atoms with van der Waals surface area (Å²) in [4.78, 5) is 12.5. The van der Waals surface area contributed by atoms with Crippen LogP contribution < -0.4 is 10.6 Å². The van der Waals surface area contributed by atoms with Gasteiger partial charge in [-0.15, -0.1) is 0 Å². The number of halogens is 1. The smallest absolute Gasteiger partial charge is 0.230 e. The van der Waals surface area contributed by atoms with E-state index in [1.54, 1.807) is 0 Å². The number of piperidine rings is 1. The van der Waals surface area contributed by atoms with Crippen molar-refractivity contribution in [2.24, 2.45) is 5.41 Å². The van der Waals surface area contributed by atoms with Crippen molar-refractivity contribution in [2.75, 3.05) is 18.4 Å². The number of rotatable bonds is 3. The van der Waals surface area contributed by atoms with Gasteiger partial charge < -0.3 is 10.6 Å². The minimum absolute atomic E-state index is 0.161. The Morgan fingerprint density at radius 2 is 1.94 bits per heavy atom. The Morgan fingerprint density at radius 3 is 2.50 bits per heavy atom. The van der Waals surface area contributed by atoms with Crippen molar-refractivity contribution in [2.45, 2.75) is 26.2 Å². The maximum absolute atomic E-state index is 12.5. The van der Waals surface area contributed by atoms with E-state index in [4.69, 9.17) is 0 Å². The zero-order valence-corrected chi connectivity index (χ0v) is 12.2. The molecule has 1 aromatic rings. The number of amides is 1. The topological polar surface area (TPSA) is 41.1 Å². The highest BCUT2D eigenvalue weighted by Gasteiger charge is 2.37. The highest BCUT2D eigenvalue weighted by atomic mass is 79.9. The van der Waals surface area contributed by atoms with E-state index < -0.39 is 0 Å². The van der Waals surface area contributed by atoms with Gasteiger partial charge in [0.15, 0.2) is 0 Å². The van der Waals surface area contributed by atoms with Gasteiger partial charge in [0.1, 0.15) is 0 Å². The molecule has 1 aliphatic heterocycles. The number of nitrogens with one attached hydrogen (secondary N) is 2. The first-order valence-electron chi connectivity index (χ1n) is 6.44. The first-order valence-corrected chi connectivity index (χ1v) is 7.23. The fourth-order valence-electron chi connectivity index (χ4n) is 2.44. The van der Waals surface area contributed by atoms with Crippen molar-refractivity contribution >= 4 is 27.5 Å². The van der Waals surface area contributed by atoms with Crippen molar-refractivity contribution in [1.82, 2.24) is 5.32 Å². The molecule has 1 saturated heterocycles. The molecule has 0 radical (unpaired) electrons. The summed E-state index contributed by atoms with van der Waals surface area (Å²) >= 11 is 3.39. The average Bonchev–Trinajstić information content (AvgIpc) is 2.42. The zero-order chi connectivity index (χ0) is 13.0. The molecule has 0 saturated carbocycles. The van der Waals surface area contributed by atoms with Gasteiger partial charge in [-0.25, -0.2) is 0 Å². The summed E-state index contributed by atoms with van der Waals surface area (Å²) < 4.78 is 1.02. The molecule has 3 nitrogen and oxygen atoms in total. The second kappa shape index (κ2) is 5.85. The minimum Gasteiger partial charge on any atom is -0.326 e. The maximum Gasteiger partial charge on any atom is 0.230 e. The normalized spacial score (nSPS) is 18.3. The van der Waals surface area contributed by atoms with Gasteiger partial charge in [0.25, 0.3) is 0 Å². The maximum atomic E-state index is 12.5. The van der Waals surface area contributed by atoms with Crippen LogP contribution in [0.4, 0.5) is 5.69 Å². The lowest BCUT2D eigenvalue weighted by Crippen LogP contribution is -2.44. The molecule has 0 aromatic heterocycles. The Hall–Kier alpha value is -0.870. The summed E-state index contributed by atoms with van der Waals surface area (Å²) in [5, 5.41) is 6.36. The quantitative estimate of drug-likeness (QED) is 0.900. The number of carbonyl (C=O) groups excluding carboxylic acids is 1. The number of carbonyl (C=O) groups is 1. The summed E-state index contributed by atoms with van der Waals surface area (Å²) in [6.45, 7) is 3.97. The average molecular weight is 311 g/mol. The van der Waals surface area contributed by atoms with Crippen molar-refractivity contribution in [3.8, 4) is 0 Å². The molecule has 1 fully saturated rings. The van der Waals surface area contributed by atoms with Crippen LogP contribution in [0.1, 0.15) is 26.2 Å². The Labute approximate surface area is 116 Å². The van der Waals surface area contributed by atoms with E-state index in [-0.39, 0.29) is 11.3 Å². The minimum atomic E-state index is -0.196. The molecule has 1 aliphatic rings. The molecule has 4 heteroatoms. The van der Waals surface area contributed by atoms with Crippen LogP contribution in [-0.2, 0) is 4.79 Å². The zero-order valence-electron chi connectivity index (χ0n) is 10.6. The molecule has 1 heterocycles. The Morgan fingerprint density at radius 1 is 1.33 bits per heavy atom. The van der Waals surface area contributed by atoms with Crippen molar-refractivity contribution in [3.63, 3.8) is 0 Å². The molecule has 0 spiro atoms. The third kappa shape index (κ3) is 2.93. The lowest BCUT2D eigenvalue weighted by Gasteiger charge is -2.35. The first kappa shape index (κ1) is 13.6. The number of hydrogen-bond donors (Lipinski definition) is 2. The molecule has 0 unspecified atom stereocenters. The van der Waals surface area contributed by atoms with Crippen LogP contribution in [0.3, 0.4) is 0 Å². The SMILES string of the molecule is CCC1(C(=O)Nc2ccc(Br)cc2)CCNCC1. The summed E-state index contributed by atoms with van der Waals surface area (Å²) in [5.41, 5.74) is 0.674. The van der Waals surface area contributed by atoms with E-state index in [2.05, 4.69) is 33.5 Å². The number of hydrogen-bond acceptors (Lipinski definition) is 2. The molecule has 1 aromatic carbocycles. The van der Waals surface area contributed by atoms with E-state index in [1.807, 2.05) is 24.3 Å². The monoisotopic (exact) mass is 310 g/mol. The largest absolute Gasteiger partial charge is 0.326 e. The number of anilines is 1. The lowest BCUT2D eigenvalue weighted by atomic mass is 9.76. The first-order chi connectivity index (χ1) is 8.66. The van der Waals surface area contributed by atoms with Crippen molar-refractivity contribution in [3.05, 3.63) is 28.7 Å². The standard InChI is InChI=1S/C14H19BrN2O/c1-2-14(7-9-16-10-8-14)13(18)17-12-5-3-11(15)4-6-12/h3-6,16H,2,7-10H2,1H3,(H,17,18). The molecule has 98 valence electrons. The fraction of sp³-hybridized carbons (Fsp3) is 0.500. The summed E-state index contributed by atoms with van der Waals surface area (Å²) in [5.74, 6) is 0.161. The lowest BCUT2D eigenvalue weighted by molar-refractivity contribution is -0.127. The van der Waals surface area contributed by atoms with Gasteiger partial charge in [-0.2, -0.15) is 0 Å². The van der Waals surface area contributed by atoms with E-state index in [9.17, 15) is 4.79 Å². The van der Waals surface area contributed by atoms with Gasteiger partial charge in [-0.05, 0) is 56.6 Å². The number of benzene rings is 1. The summed E-state index contributed by atoms with van der Waals surface area (Å²) in [6.07, 6.45) is 2.74. The van der Waals surface area contributed by atoms with E-state index in [0.29, 0.717) is 0 Å². The van der Waals surface area contributed by atoms with Crippen molar-refractivity contribution < 1.29 is 4.79 Å². The second-order valence-corrected chi connectivity index (χ2v) is 5.76. The van der Waals surface area contributed by atoms with Crippen LogP contribution in [0, 0.1) is 5.41 Å². The summed E-state index contributed by atoms with van der Waals surface area (Å²) in [6, 6.07) is 7.73. The van der Waals surface area contributed by atoms with Crippen molar-refractivity contribution in [1.29, 1.82) is 0 Å². The van der Waals surface area contributed by atoms with Crippen LogP contribution in [0.15, 0.2) is 28.7 Å². The van der Waals surface area contributed by atoms with E-state index in [1.165, 1.54) is 0 Å². The van der Waals surface area contributed by atoms with Crippen LogP contribution in [-0.4, -0.2) is 19.0 Å². The molecule has 18 heavy (non-hydrogen) atoms. The third-order valence-corrected chi connectivity index (χ3v) is 4.35. The van der Waals surface area contributed by atoms with Gasteiger partial charge in [0, 0.05) is 10.2 Å². The van der Waals surface area contributed by atoms with Crippen LogP contribution in [0.2, 0.25) is 0 Å². The van der Waals surface area contributed by atoms with Gasteiger partial charge in [0.05, 0.1) is 5.41 Å². The Bertz CT molecular complexity index is 410. The van der Waals surface area contributed by atoms with Crippen LogP contribution in [0.5, 0.6) is 0 Å². The Balaban J connectivity index is 2.07. The molecule has 1 amide bonds. The van der Waals surface area contributed by atoms with E-state index >= 15 is 0 Å². The third-order valence-electron chi connectivity index (χ3n) is 3.82. The summed E-state index contributed by atoms with van der Waals surface area (Å²) in [7, 11) is 0. The van der Waals surface area contributed by atoms with Gasteiger partial charge >= 0.3 is 0 Å². The molecule has 0 atom stereocenters. The molecular formula is C14H19BrN2O.